The SMILES string of the molecule is Cc1cc(C(=O)N2CCC(C3OCCO3)CC2)n[nH]1. The Morgan fingerprint density at radius 3 is 2.63 bits per heavy atom. The number of rotatable bonds is 2. The number of H-pyrrole nitrogens is 1. The van der Waals surface area contributed by atoms with E-state index in [1.165, 1.54) is 0 Å². The lowest BCUT2D eigenvalue weighted by molar-refractivity contribution is -0.0956. The van der Waals surface area contributed by atoms with Crippen LogP contribution >= 0.6 is 0 Å². The highest BCUT2D eigenvalue weighted by atomic mass is 16.7. The Kier molecular flexibility index (Phi) is 3.52. The summed E-state index contributed by atoms with van der Waals surface area (Å²) in [4.78, 5) is 14.1. The quantitative estimate of drug-likeness (QED) is 0.864. The topological polar surface area (TPSA) is 67.5 Å². The summed E-state index contributed by atoms with van der Waals surface area (Å²) in [6.07, 6.45) is 1.80. The van der Waals surface area contributed by atoms with Crippen molar-refractivity contribution in [1.82, 2.24) is 15.1 Å². The molecule has 2 saturated heterocycles. The van der Waals surface area contributed by atoms with Crippen molar-refractivity contribution >= 4 is 5.91 Å². The van der Waals surface area contributed by atoms with Gasteiger partial charge in [0.1, 0.15) is 5.69 Å². The van der Waals surface area contributed by atoms with E-state index in [1.54, 1.807) is 6.07 Å². The molecule has 104 valence electrons. The fourth-order valence-electron chi connectivity index (χ4n) is 2.71. The van der Waals surface area contributed by atoms with Crippen LogP contribution in [0.15, 0.2) is 6.07 Å². The van der Waals surface area contributed by atoms with E-state index < -0.39 is 0 Å². The average molecular weight is 265 g/mol. The number of ether oxygens (including phenoxy) is 2. The van der Waals surface area contributed by atoms with Crippen molar-refractivity contribution in [3.05, 3.63) is 17.5 Å². The molecule has 0 radical (unpaired) electrons. The second-order valence-corrected chi connectivity index (χ2v) is 5.18. The highest BCUT2D eigenvalue weighted by molar-refractivity contribution is 5.92. The Morgan fingerprint density at radius 1 is 1.37 bits per heavy atom. The van der Waals surface area contributed by atoms with Crippen molar-refractivity contribution in [2.45, 2.75) is 26.1 Å². The van der Waals surface area contributed by atoms with Crippen LogP contribution in [0.4, 0.5) is 0 Å². The summed E-state index contributed by atoms with van der Waals surface area (Å²) in [5.74, 6) is 0.420. The van der Waals surface area contributed by atoms with Crippen molar-refractivity contribution in [3.8, 4) is 0 Å². The van der Waals surface area contributed by atoms with Crippen LogP contribution in [0.2, 0.25) is 0 Å². The lowest BCUT2D eigenvalue weighted by atomic mass is 9.96. The molecule has 0 saturated carbocycles. The van der Waals surface area contributed by atoms with E-state index in [1.807, 2.05) is 11.8 Å². The van der Waals surface area contributed by atoms with Crippen molar-refractivity contribution in [2.24, 2.45) is 5.92 Å². The number of hydrogen-bond acceptors (Lipinski definition) is 4. The van der Waals surface area contributed by atoms with Gasteiger partial charge in [0.25, 0.3) is 5.91 Å². The molecule has 0 aromatic carbocycles. The van der Waals surface area contributed by atoms with E-state index in [-0.39, 0.29) is 12.2 Å². The predicted molar refractivity (Wildman–Crippen MR) is 67.6 cm³/mol. The Bertz CT molecular complexity index is 446. The van der Waals surface area contributed by atoms with Crippen LogP contribution in [0.3, 0.4) is 0 Å². The number of carbonyl (C=O) groups is 1. The molecule has 0 bridgehead atoms. The maximum absolute atomic E-state index is 12.2. The summed E-state index contributed by atoms with van der Waals surface area (Å²) < 4.78 is 11.1. The van der Waals surface area contributed by atoms with Crippen LogP contribution in [0.5, 0.6) is 0 Å². The minimum absolute atomic E-state index is 0.0102. The largest absolute Gasteiger partial charge is 0.350 e. The molecule has 19 heavy (non-hydrogen) atoms. The molecule has 0 spiro atoms. The number of piperidine rings is 1. The first kappa shape index (κ1) is 12.6. The van der Waals surface area contributed by atoms with Gasteiger partial charge in [-0.05, 0) is 25.8 Å². The number of likely N-dealkylation sites (tertiary alicyclic amines) is 1. The van der Waals surface area contributed by atoms with Gasteiger partial charge in [-0.25, -0.2) is 0 Å². The monoisotopic (exact) mass is 265 g/mol. The van der Waals surface area contributed by atoms with Gasteiger partial charge in [-0.15, -0.1) is 0 Å². The number of carbonyl (C=O) groups excluding carboxylic acids is 1. The second kappa shape index (κ2) is 5.30. The van der Waals surface area contributed by atoms with Gasteiger partial charge in [0.15, 0.2) is 6.29 Å². The first-order chi connectivity index (χ1) is 9.24. The number of nitrogens with zero attached hydrogens (tertiary/aromatic N) is 2. The van der Waals surface area contributed by atoms with Gasteiger partial charge in [0.05, 0.1) is 13.2 Å². The average Bonchev–Trinajstić information content (AvgIpc) is 3.09. The highest BCUT2D eigenvalue weighted by Crippen LogP contribution is 2.26. The first-order valence-corrected chi connectivity index (χ1v) is 6.78. The lowest BCUT2D eigenvalue weighted by Gasteiger charge is -2.33. The van der Waals surface area contributed by atoms with Crippen molar-refractivity contribution in [3.63, 3.8) is 0 Å². The van der Waals surface area contributed by atoms with Crippen LogP contribution in [0.25, 0.3) is 0 Å². The summed E-state index contributed by atoms with van der Waals surface area (Å²) in [5.41, 5.74) is 1.41. The molecule has 3 heterocycles. The highest BCUT2D eigenvalue weighted by Gasteiger charge is 2.32. The van der Waals surface area contributed by atoms with Gasteiger partial charge in [0, 0.05) is 24.7 Å². The van der Waals surface area contributed by atoms with Crippen molar-refractivity contribution in [2.75, 3.05) is 26.3 Å². The van der Waals surface area contributed by atoms with Gasteiger partial charge < -0.3 is 14.4 Å². The van der Waals surface area contributed by atoms with Crippen molar-refractivity contribution in [1.29, 1.82) is 0 Å². The zero-order valence-corrected chi connectivity index (χ0v) is 11.1. The lowest BCUT2D eigenvalue weighted by Crippen LogP contribution is -2.41. The molecule has 2 aliphatic rings. The van der Waals surface area contributed by atoms with Crippen LogP contribution in [0, 0.1) is 12.8 Å². The zero-order valence-electron chi connectivity index (χ0n) is 11.1. The molecule has 2 aliphatic heterocycles. The maximum atomic E-state index is 12.2. The Labute approximate surface area is 112 Å². The van der Waals surface area contributed by atoms with Crippen LogP contribution in [-0.2, 0) is 9.47 Å². The smallest absolute Gasteiger partial charge is 0.274 e. The minimum Gasteiger partial charge on any atom is -0.350 e. The molecule has 6 heteroatoms. The Morgan fingerprint density at radius 2 is 2.05 bits per heavy atom. The van der Waals surface area contributed by atoms with Gasteiger partial charge in [-0.3, -0.25) is 9.89 Å². The summed E-state index contributed by atoms with van der Waals surface area (Å²) in [6.45, 7) is 4.77. The van der Waals surface area contributed by atoms with Gasteiger partial charge >= 0.3 is 0 Å². The minimum atomic E-state index is -0.0649. The molecular formula is C13H19N3O3. The summed E-state index contributed by atoms with van der Waals surface area (Å²) in [6, 6.07) is 1.79. The molecule has 2 fully saturated rings. The van der Waals surface area contributed by atoms with Gasteiger partial charge in [0.2, 0.25) is 0 Å². The molecule has 1 aromatic rings. The number of aryl methyl sites for hydroxylation is 1. The second-order valence-electron chi connectivity index (χ2n) is 5.18. The molecule has 0 unspecified atom stereocenters. The van der Waals surface area contributed by atoms with Crippen LogP contribution in [-0.4, -0.2) is 53.6 Å². The number of hydrogen-bond donors (Lipinski definition) is 1. The molecule has 1 aromatic heterocycles. The number of aromatic amines is 1. The summed E-state index contributed by atoms with van der Waals surface area (Å²) in [7, 11) is 0. The summed E-state index contributed by atoms with van der Waals surface area (Å²) >= 11 is 0. The van der Waals surface area contributed by atoms with E-state index in [0.29, 0.717) is 24.8 Å². The first-order valence-electron chi connectivity index (χ1n) is 6.78. The third kappa shape index (κ3) is 2.64. The molecular weight excluding hydrogens is 246 g/mol. The van der Waals surface area contributed by atoms with Crippen molar-refractivity contribution < 1.29 is 14.3 Å². The van der Waals surface area contributed by atoms with E-state index in [2.05, 4.69) is 10.2 Å². The molecule has 0 atom stereocenters. The van der Waals surface area contributed by atoms with E-state index in [4.69, 9.17) is 9.47 Å². The maximum Gasteiger partial charge on any atom is 0.274 e. The zero-order chi connectivity index (χ0) is 13.2. The molecule has 1 N–H and O–H groups in total. The molecule has 1 amide bonds. The number of aromatic nitrogens is 2. The van der Waals surface area contributed by atoms with Gasteiger partial charge in [-0.2, -0.15) is 5.10 Å². The normalized spacial score (nSPS) is 22.1. The summed E-state index contributed by atoms with van der Waals surface area (Å²) in [5, 5.41) is 6.83. The van der Waals surface area contributed by atoms with E-state index in [0.717, 1.165) is 31.6 Å². The number of nitrogens with one attached hydrogen (secondary N) is 1. The van der Waals surface area contributed by atoms with Gasteiger partial charge in [-0.1, -0.05) is 0 Å². The van der Waals surface area contributed by atoms with Crippen LogP contribution < -0.4 is 0 Å². The third-order valence-electron chi connectivity index (χ3n) is 3.78. The number of amides is 1. The third-order valence-corrected chi connectivity index (χ3v) is 3.78. The van der Waals surface area contributed by atoms with E-state index in [9.17, 15) is 4.79 Å². The molecule has 3 rings (SSSR count). The Balaban J connectivity index is 1.56. The fourth-order valence-corrected chi connectivity index (χ4v) is 2.71. The van der Waals surface area contributed by atoms with E-state index >= 15 is 0 Å². The predicted octanol–water partition coefficient (Wildman–Crippen LogP) is 0.943. The van der Waals surface area contributed by atoms with Crippen LogP contribution in [0.1, 0.15) is 29.0 Å². The molecule has 6 nitrogen and oxygen atoms in total. The standard InChI is InChI=1S/C13H19N3O3/c1-9-8-11(15-14-9)12(17)16-4-2-10(3-5-16)13-18-6-7-19-13/h8,10,13H,2-7H2,1H3,(H,14,15). The Hall–Kier alpha value is -1.40. The fraction of sp³-hybridized carbons (Fsp3) is 0.692. The molecule has 0 aliphatic carbocycles.